The van der Waals surface area contributed by atoms with Crippen LogP contribution in [0.1, 0.15) is 116 Å². The van der Waals surface area contributed by atoms with E-state index in [4.69, 9.17) is 14.2 Å². The summed E-state index contributed by atoms with van der Waals surface area (Å²) in [5, 5.41) is 32.7. The van der Waals surface area contributed by atoms with Crippen LogP contribution in [0.5, 0.6) is 5.75 Å². The summed E-state index contributed by atoms with van der Waals surface area (Å²) in [7, 11) is 2.91. The first-order valence-electron chi connectivity index (χ1n) is 17.4. The van der Waals surface area contributed by atoms with Crippen LogP contribution in [-0.4, -0.2) is 77.2 Å². The Balaban J connectivity index is 2.90. The van der Waals surface area contributed by atoms with Gasteiger partial charge in [0.15, 0.2) is 5.60 Å². The number of aliphatic hydroxyl groups is 1. The summed E-state index contributed by atoms with van der Waals surface area (Å²) in [4.78, 5) is 49.9. The summed E-state index contributed by atoms with van der Waals surface area (Å²) in [5.74, 6) is -6.39. The maximum Gasteiger partial charge on any atom is 0.337 e. The number of carboxylic acids is 2. The van der Waals surface area contributed by atoms with Crippen molar-refractivity contribution in [3.05, 3.63) is 42.0 Å². The van der Waals surface area contributed by atoms with E-state index in [0.29, 0.717) is 17.7 Å². The molecule has 0 radical (unpaired) electrons. The molecule has 1 amide bonds. The molecular weight excluding hydrogens is 618 g/mol. The van der Waals surface area contributed by atoms with Crippen molar-refractivity contribution in [1.82, 2.24) is 5.32 Å². The van der Waals surface area contributed by atoms with Crippen LogP contribution >= 0.6 is 0 Å². The molecule has 0 bridgehead atoms. The average Bonchev–Trinajstić information content (AvgIpc) is 3.05. The van der Waals surface area contributed by atoms with Crippen LogP contribution in [0.15, 0.2) is 36.4 Å². The van der Waals surface area contributed by atoms with Crippen LogP contribution < -0.4 is 10.1 Å². The molecule has 4 N–H and O–H groups in total. The Hall–Kier alpha value is -3.44. The van der Waals surface area contributed by atoms with Crippen LogP contribution in [0.25, 0.3) is 0 Å². The zero-order chi connectivity index (χ0) is 36.0. The summed E-state index contributed by atoms with van der Waals surface area (Å²) in [5.41, 5.74) is -2.29. The van der Waals surface area contributed by atoms with Crippen LogP contribution in [0.4, 0.5) is 0 Å². The van der Waals surface area contributed by atoms with Crippen molar-refractivity contribution in [2.75, 3.05) is 14.2 Å². The lowest BCUT2D eigenvalue weighted by Gasteiger charge is -2.29. The fourth-order valence-corrected chi connectivity index (χ4v) is 5.44. The molecule has 272 valence electrons. The molecule has 0 heterocycles. The van der Waals surface area contributed by atoms with Crippen molar-refractivity contribution < 1.29 is 48.7 Å². The van der Waals surface area contributed by atoms with Gasteiger partial charge < -0.3 is 34.8 Å². The molecule has 0 aliphatic heterocycles. The highest BCUT2D eigenvalue weighted by Crippen LogP contribution is 2.26. The molecule has 11 heteroatoms. The Bertz CT molecular complexity index is 1120. The second-order valence-corrected chi connectivity index (χ2v) is 12.5. The first-order chi connectivity index (χ1) is 22.9. The molecule has 0 aliphatic carbocycles. The number of amides is 1. The highest BCUT2D eigenvalue weighted by atomic mass is 16.5. The van der Waals surface area contributed by atoms with Gasteiger partial charge in [0.05, 0.1) is 31.7 Å². The molecule has 1 rings (SSSR count). The number of unbranched alkanes of at least 4 members (excludes halogenated alkanes) is 8. The number of benzene rings is 1. The Morgan fingerprint density at radius 1 is 0.896 bits per heavy atom. The van der Waals surface area contributed by atoms with Gasteiger partial charge in [-0.3, -0.25) is 9.59 Å². The molecule has 0 aliphatic rings. The van der Waals surface area contributed by atoms with Gasteiger partial charge in [-0.25, -0.2) is 9.59 Å². The molecule has 0 saturated heterocycles. The monoisotopic (exact) mass is 677 g/mol. The van der Waals surface area contributed by atoms with Crippen LogP contribution in [0, 0.1) is 5.92 Å². The Labute approximate surface area is 286 Å². The van der Waals surface area contributed by atoms with Gasteiger partial charge in [0, 0.05) is 13.5 Å². The van der Waals surface area contributed by atoms with Gasteiger partial charge in [0.25, 0.3) is 0 Å². The zero-order valence-corrected chi connectivity index (χ0v) is 29.6. The first kappa shape index (κ1) is 42.6. The Morgan fingerprint density at radius 3 is 2.02 bits per heavy atom. The SMILES string of the molecule is CCCCCCC[C@@H](CCCCCC/C=C/C(C(=O)N[C@@H](Cc1ccc(OC(C)CC)cc1)C(=O)OC)[C@@](O)(CC(=O)O)C(=O)O)OC. The van der Waals surface area contributed by atoms with Gasteiger partial charge in [-0.05, 0) is 56.7 Å². The van der Waals surface area contributed by atoms with Gasteiger partial charge in [-0.15, -0.1) is 0 Å². The van der Waals surface area contributed by atoms with E-state index in [1.165, 1.54) is 38.2 Å². The minimum atomic E-state index is -2.95. The molecule has 5 atom stereocenters. The molecule has 0 fully saturated rings. The standard InChI is InChI=1S/C37H59NO10/c1-6-8-9-12-15-18-29(46-4)19-16-13-10-11-14-17-20-31(37(45,36(43)44)26-33(39)40)34(41)38-32(35(42)47-5)25-28-21-23-30(24-22-28)48-27(3)7-2/h17,20-24,27,29,31-32,45H,6-16,18-19,25-26H2,1-5H3,(H,38,41)(H,39,40)(H,43,44)/b20-17+/t27?,29-,31?,32-,37-/m0/s1. The molecule has 0 spiro atoms. The first-order valence-corrected chi connectivity index (χ1v) is 17.4. The third kappa shape index (κ3) is 16.1. The number of allylic oxidation sites excluding steroid dienone is 1. The largest absolute Gasteiger partial charge is 0.491 e. The number of carbonyl (C=O) groups is 4. The number of aliphatic carboxylic acids is 2. The smallest absolute Gasteiger partial charge is 0.337 e. The fourth-order valence-electron chi connectivity index (χ4n) is 5.44. The number of hydrogen-bond donors (Lipinski definition) is 4. The van der Waals surface area contributed by atoms with Crippen molar-refractivity contribution in [1.29, 1.82) is 0 Å². The molecule has 2 unspecified atom stereocenters. The van der Waals surface area contributed by atoms with Crippen LogP contribution in [0.2, 0.25) is 0 Å². The number of hydrogen-bond acceptors (Lipinski definition) is 8. The number of nitrogens with one attached hydrogen (secondary N) is 1. The van der Waals surface area contributed by atoms with Crippen molar-refractivity contribution in [2.45, 2.75) is 141 Å². The number of carbonyl (C=O) groups excluding carboxylic acids is 2. The van der Waals surface area contributed by atoms with E-state index >= 15 is 0 Å². The van der Waals surface area contributed by atoms with Gasteiger partial charge in [0.2, 0.25) is 5.91 Å². The normalized spacial score (nSPS) is 15.2. The maximum absolute atomic E-state index is 13.5. The topological polar surface area (TPSA) is 169 Å². The highest BCUT2D eigenvalue weighted by Gasteiger charge is 2.49. The lowest BCUT2D eigenvalue weighted by atomic mass is 9.82. The van der Waals surface area contributed by atoms with Gasteiger partial charge in [0.1, 0.15) is 11.8 Å². The number of esters is 1. The van der Waals surface area contributed by atoms with Gasteiger partial charge in [-0.2, -0.15) is 0 Å². The van der Waals surface area contributed by atoms with Crippen molar-refractivity contribution in [3.8, 4) is 5.75 Å². The highest BCUT2D eigenvalue weighted by molar-refractivity contribution is 5.94. The van der Waals surface area contributed by atoms with Crippen LogP contribution in [-0.2, 0) is 35.1 Å². The number of methoxy groups -OCH3 is 2. The van der Waals surface area contributed by atoms with Gasteiger partial charge in [-0.1, -0.05) is 89.5 Å². The minimum absolute atomic E-state index is 0.00563. The number of carboxylic acid groups (broad SMARTS) is 2. The molecular formula is C37H59NO10. The number of ether oxygens (including phenoxy) is 3. The minimum Gasteiger partial charge on any atom is -0.491 e. The second kappa shape index (κ2) is 23.8. The van der Waals surface area contributed by atoms with Crippen molar-refractivity contribution in [2.24, 2.45) is 5.92 Å². The summed E-state index contributed by atoms with van der Waals surface area (Å²) >= 11 is 0. The fraction of sp³-hybridized carbons (Fsp3) is 0.676. The third-order valence-electron chi connectivity index (χ3n) is 8.60. The zero-order valence-electron chi connectivity index (χ0n) is 29.6. The van der Waals surface area contributed by atoms with Crippen molar-refractivity contribution in [3.63, 3.8) is 0 Å². The van der Waals surface area contributed by atoms with E-state index in [9.17, 15) is 34.5 Å². The van der Waals surface area contributed by atoms with Crippen LogP contribution in [0.3, 0.4) is 0 Å². The number of rotatable bonds is 27. The summed E-state index contributed by atoms with van der Waals surface area (Å²) in [6.45, 7) is 6.15. The molecule has 1 aromatic carbocycles. The maximum atomic E-state index is 13.5. The van der Waals surface area contributed by atoms with E-state index in [1.807, 2.05) is 13.8 Å². The van der Waals surface area contributed by atoms with E-state index in [0.717, 1.165) is 52.1 Å². The third-order valence-corrected chi connectivity index (χ3v) is 8.60. The predicted molar refractivity (Wildman–Crippen MR) is 184 cm³/mol. The summed E-state index contributed by atoms with van der Waals surface area (Å²) < 4.78 is 16.3. The van der Waals surface area contributed by atoms with E-state index in [-0.39, 0.29) is 18.6 Å². The van der Waals surface area contributed by atoms with Crippen molar-refractivity contribution >= 4 is 23.8 Å². The second-order valence-electron chi connectivity index (χ2n) is 12.5. The molecule has 0 aromatic heterocycles. The molecule has 1 aromatic rings. The summed E-state index contributed by atoms with van der Waals surface area (Å²) in [6.07, 6.45) is 15.0. The van der Waals surface area contributed by atoms with Gasteiger partial charge >= 0.3 is 17.9 Å². The van der Waals surface area contributed by atoms with E-state index < -0.39 is 47.8 Å². The summed E-state index contributed by atoms with van der Waals surface area (Å²) in [6, 6.07) is 5.73. The molecule has 48 heavy (non-hydrogen) atoms. The quantitative estimate of drug-likeness (QED) is 0.0475. The average molecular weight is 678 g/mol. The lowest BCUT2D eigenvalue weighted by molar-refractivity contribution is -0.172. The van der Waals surface area contributed by atoms with E-state index in [2.05, 4.69) is 12.2 Å². The molecule has 0 saturated carbocycles. The predicted octanol–water partition coefficient (Wildman–Crippen LogP) is 6.24. The lowest BCUT2D eigenvalue weighted by Crippen LogP contribution is -2.55. The Kier molecular flexibility index (Phi) is 21.1. The molecule has 11 nitrogen and oxygen atoms in total. The van der Waals surface area contributed by atoms with E-state index in [1.54, 1.807) is 37.5 Å². The Morgan fingerprint density at radius 2 is 1.50 bits per heavy atom.